The quantitative estimate of drug-likeness (QED) is 0.915. The van der Waals surface area contributed by atoms with Gasteiger partial charge in [0.1, 0.15) is 16.5 Å². The van der Waals surface area contributed by atoms with Crippen molar-refractivity contribution in [2.24, 2.45) is 0 Å². The summed E-state index contributed by atoms with van der Waals surface area (Å²) < 4.78 is 60.2. The summed E-state index contributed by atoms with van der Waals surface area (Å²) in [4.78, 5) is 3.30. The van der Waals surface area contributed by atoms with Crippen LogP contribution in [0.25, 0.3) is 0 Å². The minimum Gasteiger partial charge on any atom is -0.381 e. The van der Waals surface area contributed by atoms with E-state index >= 15 is 0 Å². The van der Waals surface area contributed by atoms with Gasteiger partial charge in [-0.1, -0.05) is 12.1 Å². The second-order valence-corrected chi connectivity index (χ2v) is 7.33. The van der Waals surface area contributed by atoms with Crippen LogP contribution in [-0.2, 0) is 20.3 Å². The van der Waals surface area contributed by atoms with Crippen LogP contribution in [0.2, 0.25) is 0 Å². The van der Waals surface area contributed by atoms with Crippen molar-refractivity contribution in [1.82, 2.24) is 9.71 Å². The number of ether oxygens (including phenoxy) is 1. The van der Waals surface area contributed by atoms with E-state index in [1.165, 1.54) is 18.2 Å². The van der Waals surface area contributed by atoms with E-state index in [4.69, 9.17) is 4.74 Å². The summed E-state index contributed by atoms with van der Waals surface area (Å²) in [5, 5.41) is 0. The zero-order chi connectivity index (χ0) is 17.2. The number of halogens is 2. The summed E-state index contributed by atoms with van der Waals surface area (Å²) in [6, 6.07) is 6.69. The molecule has 0 amide bonds. The van der Waals surface area contributed by atoms with Gasteiger partial charge >= 0.3 is 0 Å². The summed E-state index contributed by atoms with van der Waals surface area (Å²) in [5.41, 5.74) is -0.496. The number of aromatic nitrogens is 1. The SMILES string of the molecule is O=S(=O)(NC1(c2cccc(F)c2)CCOCC1)c1cncc(F)c1. The van der Waals surface area contributed by atoms with Gasteiger partial charge in [0.15, 0.2) is 0 Å². The molecule has 24 heavy (non-hydrogen) atoms. The van der Waals surface area contributed by atoms with E-state index in [2.05, 4.69) is 9.71 Å². The molecule has 8 heteroatoms. The summed E-state index contributed by atoms with van der Waals surface area (Å²) in [6.45, 7) is 0.668. The molecule has 1 aliphatic rings. The molecule has 1 saturated heterocycles. The number of nitrogens with one attached hydrogen (secondary N) is 1. The lowest BCUT2D eigenvalue weighted by atomic mass is 9.84. The standard InChI is InChI=1S/C16H16F2N2O3S/c17-13-3-1-2-12(8-13)16(4-6-23-7-5-16)20-24(21,22)15-9-14(18)10-19-11-15/h1-3,8-11,20H,4-7H2. The van der Waals surface area contributed by atoms with Gasteiger partial charge in [0.2, 0.25) is 10.0 Å². The molecule has 0 radical (unpaired) electrons. The van der Waals surface area contributed by atoms with Crippen LogP contribution >= 0.6 is 0 Å². The maximum atomic E-state index is 13.6. The monoisotopic (exact) mass is 354 g/mol. The molecule has 1 N–H and O–H groups in total. The van der Waals surface area contributed by atoms with Crippen LogP contribution in [0.15, 0.2) is 47.6 Å². The third-order valence-electron chi connectivity index (χ3n) is 4.04. The van der Waals surface area contributed by atoms with E-state index in [1.807, 2.05) is 0 Å². The number of hydrogen-bond acceptors (Lipinski definition) is 4. The number of sulfonamides is 1. The first-order valence-electron chi connectivity index (χ1n) is 7.40. The predicted molar refractivity (Wildman–Crippen MR) is 82.6 cm³/mol. The first-order valence-corrected chi connectivity index (χ1v) is 8.88. The molecular formula is C16H16F2N2O3S. The van der Waals surface area contributed by atoms with E-state index in [1.54, 1.807) is 6.07 Å². The highest BCUT2D eigenvalue weighted by atomic mass is 32.2. The summed E-state index contributed by atoms with van der Waals surface area (Å²) >= 11 is 0. The van der Waals surface area contributed by atoms with Gasteiger partial charge in [0.05, 0.1) is 11.7 Å². The number of benzene rings is 1. The minimum absolute atomic E-state index is 0.273. The molecule has 0 unspecified atom stereocenters. The Morgan fingerprint density at radius 3 is 2.50 bits per heavy atom. The van der Waals surface area contributed by atoms with Gasteiger partial charge in [0, 0.05) is 19.4 Å². The Labute approximate surface area is 138 Å². The van der Waals surface area contributed by atoms with Crippen LogP contribution in [0.4, 0.5) is 8.78 Å². The Bertz CT molecular complexity index is 837. The molecule has 128 valence electrons. The van der Waals surface area contributed by atoms with Gasteiger partial charge in [-0.05, 0) is 36.6 Å². The largest absolute Gasteiger partial charge is 0.381 e. The van der Waals surface area contributed by atoms with Crippen LogP contribution in [-0.4, -0.2) is 26.6 Å². The molecule has 0 atom stereocenters. The molecule has 0 bridgehead atoms. The number of nitrogens with zero attached hydrogens (tertiary/aromatic N) is 1. The first kappa shape index (κ1) is 16.9. The number of rotatable bonds is 4. The third-order valence-corrected chi connectivity index (χ3v) is 5.55. The molecule has 1 aliphatic heterocycles. The Morgan fingerprint density at radius 2 is 1.83 bits per heavy atom. The van der Waals surface area contributed by atoms with E-state index in [-0.39, 0.29) is 4.90 Å². The van der Waals surface area contributed by atoms with Crippen molar-refractivity contribution in [2.45, 2.75) is 23.3 Å². The summed E-state index contributed by atoms with van der Waals surface area (Å²) in [7, 11) is -4.03. The Kier molecular flexibility index (Phi) is 4.62. The Morgan fingerprint density at radius 1 is 1.08 bits per heavy atom. The lowest BCUT2D eigenvalue weighted by Gasteiger charge is -2.38. The zero-order valence-electron chi connectivity index (χ0n) is 12.7. The normalized spacial score (nSPS) is 17.6. The second kappa shape index (κ2) is 6.54. The van der Waals surface area contributed by atoms with Gasteiger partial charge in [-0.15, -0.1) is 0 Å². The van der Waals surface area contributed by atoms with Gasteiger partial charge in [-0.25, -0.2) is 21.9 Å². The highest BCUT2D eigenvalue weighted by molar-refractivity contribution is 7.89. The van der Waals surface area contributed by atoms with E-state index in [0.29, 0.717) is 31.6 Å². The van der Waals surface area contributed by atoms with Crippen LogP contribution in [0.5, 0.6) is 0 Å². The second-order valence-electron chi connectivity index (χ2n) is 5.65. The smallest absolute Gasteiger partial charge is 0.243 e. The van der Waals surface area contributed by atoms with E-state index in [0.717, 1.165) is 18.5 Å². The fourth-order valence-corrected chi connectivity index (χ4v) is 4.23. The fraction of sp³-hybridized carbons (Fsp3) is 0.312. The number of hydrogen-bond donors (Lipinski definition) is 1. The Balaban J connectivity index is 2.01. The highest BCUT2D eigenvalue weighted by Crippen LogP contribution is 2.34. The summed E-state index contributed by atoms with van der Waals surface area (Å²) in [6.07, 6.45) is 2.69. The minimum atomic E-state index is -4.03. The average Bonchev–Trinajstić information content (AvgIpc) is 2.55. The Hall–Kier alpha value is -1.90. The molecule has 2 heterocycles. The molecule has 0 aliphatic carbocycles. The maximum Gasteiger partial charge on any atom is 0.243 e. The zero-order valence-corrected chi connectivity index (χ0v) is 13.5. The molecule has 1 aromatic carbocycles. The van der Waals surface area contributed by atoms with Gasteiger partial charge in [-0.3, -0.25) is 4.98 Å². The molecule has 1 aromatic heterocycles. The van der Waals surface area contributed by atoms with Gasteiger partial charge < -0.3 is 4.74 Å². The van der Waals surface area contributed by atoms with Crippen LogP contribution in [0.3, 0.4) is 0 Å². The van der Waals surface area contributed by atoms with Crippen molar-refractivity contribution in [3.63, 3.8) is 0 Å². The molecule has 0 saturated carbocycles. The summed E-state index contributed by atoms with van der Waals surface area (Å²) in [5.74, 6) is -1.20. The van der Waals surface area contributed by atoms with Gasteiger partial charge in [-0.2, -0.15) is 0 Å². The van der Waals surface area contributed by atoms with Crippen LogP contribution in [0.1, 0.15) is 18.4 Å². The molecular weight excluding hydrogens is 338 g/mol. The van der Waals surface area contributed by atoms with Crippen molar-refractivity contribution >= 4 is 10.0 Å². The van der Waals surface area contributed by atoms with Crippen molar-refractivity contribution in [3.8, 4) is 0 Å². The van der Waals surface area contributed by atoms with Crippen molar-refractivity contribution in [3.05, 3.63) is 59.9 Å². The van der Waals surface area contributed by atoms with Crippen molar-refractivity contribution in [1.29, 1.82) is 0 Å². The average molecular weight is 354 g/mol. The first-order chi connectivity index (χ1) is 11.4. The molecule has 1 fully saturated rings. The van der Waals surface area contributed by atoms with Crippen molar-refractivity contribution in [2.75, 3.05) is 13.2 Å². The van der Waals surface area contributed by atoms with E-state index < -0.39 is 27.2 Å². The maximum absolute atomic E-state index is 13.6. The van der Waals surface area contributed by atoms with Crippen LogP contribution in [0, 0.1) is 11.6 Å². The topological polar surface area (TPSA) is 68.3 Å². The fourth-order valence-electron chi connectivity index (χ4n) is 2.81. The predicted octanol–water partition coefficient (Wildman–Crippen LogP) is 2.34. The van der Waals surface area contributed by atoms with E-state index in [9.17, 15) is 17.2 Å². The molecule has 3 rings (SSSR count). The number of pyridine rings is 1. The molecule has 2 aromatic rings. The molecule has 0 spiro atoms. The highest BCUT2D eigenvalue weighted by Gasteiger charge is 2.39. The molecule has 5 nitrogen and oxygen atoms in total. The lowest BCUT2D eigenvalue weighted by molar-refractivity contribution is 0.0458. The third kappa shape index (κ3) is 3.45. The van der Waals surface area contributed by atoms with Crippen molar-refractivity contribution < 1.29 is 21.9 Å². The lowest BCUT2D eigenvalue weighted by Crippen LogP contribution is -2.49. The van der Waals surface area contributed by atoms with Gasteiger partial charge in [0.25, 0.3) is 0 Å². The van der Waals surface area contributed by atoms with Crippen LogP contribution < -0.4 is 4.72 Å².